The highest BCUT2D eigenvalue weighted by atomic mass is 15.3. The highest BCUT2D eigenvalue weighted by molar-refractivity contribution is 5.78. The van der Waals surface area contributed by atoms with Gasteiger partial charge in [-0.15, -0.1) is 0 Å². The van der Waals surface area contributed by atoms with E-state index in [0.29, 0.717) is 12.0 Å². The molecule has 0 radical (unpaired) electrons. The van der Waals surface area contributed by atoms with Crippen molar-refractivity contribution in [1.82, 2.24) is 9.80 Å². The van der Waals surface area contributed by atoms with Crippen LogP contribution in [0.2, 0.25) is 0 Å². The summed E-state index contributed by atoms with van der Waals surface area (Å²) in [5.41, 5.74) is 7.40. The van der Waals surface area contributed by atoms with E-state index in [1.54, 1.807) is 0 Å². The number of guanidine groups is 1. The second-order valence-corrected chi connectivity index (χ2v) is 5.19. The van der Waals surface area contributed by atoms with Crippen molar-refractivity contribution in [3.63, 3.8) is 0 Å². The lowest BCUT2D eigenvalue weighted by Gasteiger charge is -2.39. The summed E-state index contributed by atoms with van der Waals surface area (Å²) in [5.74, 6) is 0.694. The Balaban J connectivity index is 1.97. The lowest BCUT2D eigenvalue weighted by Crippen LogP contribution is -2.51. The quantitative estimate of drug-likeness (QED) is 0.675. The standard InChI is InChI=1S/C16H26N4/c1-3-15(14-8-6-5-7-9-14)19-10-12-20(13-11-19)16(17)18-4-2/h5-9,15H,3-4,10-13H2,1-2H3,(H2,17,18). The molecule has 1 aromatic carbocycles. The topological polar surface area (TPSA) is 44.9 Å². The Labute approximate surface area is 122 Å². The van der Waals surface area contributed by atoms with Gasteiger partial charge in [-0.3, -0.25) is 9.89 Å². The zero-order valence-corrected chi connectivity index (χ0v) is 12.6. The Morgan fingerprint density at radius 3 is 2.35 bits per heavy atom. The van der Waals surface area contributed by atoms with Crippen LogP contribution in [0.5, 0.6) is 0 Å². The molecule has 4 heteroatoms. The van der Waals surface area contributed by atoms with Crippen LogP contribution < -0.4 is 5.73 Å². The summed E-state index contributed by atoms with van der Waals surface area (Å²) in [7, 11) is 0. The molecule has 0 spiro atoms. The van der Waals surface area contributed by atoms with Crippen LogP contribution in [-0.2, 0) is 0 Å². The molecule has 2 rings (SSSR count). The monoisotopic (exact) mass is 274 g/mol. The van der Waals surface area contributed by atoms with Crippen LogP contribution in [0.3, 0.4) is 0 Å². The van der Waals surface area contributed by atoms with Crippen molar-refractivity contribution in [3.05, 3.63) is 35.9 Å². The Morgan fingerprint density at radius 2 is 1.80 bits per heavy atom. The molecule has 1 fully saturated rings. The fourth-order valence-corrected chi connectivity index (χ4v) is 2.90. The molecular formula is C16H26N4. The molecule has 1 unspecified atom stereocenters. The third-order valence-electron chi connectivity index (χ3n) is 3.97. The van der Waals surface area contributed by atoms with Gasteiger partial charge in [0.2, 0.25) is 0 Å². The molecule has 110 valence electrons. The first-order valence-corrected chi connectivity index (χ1v) is 7.60. The minimum absolute atomic E-state index is 0.516. The second kappa shape index (κ2) is 7.29. The fourth-order valence-electron chi connectivity index (χ4n) is 2.90. The van der Waals surface area contributed by atoms with Crippen LogP contribution in [0.4, 0.5) is 0 Å². The minimum Gasteiger partial charge on any atom is -0.370 e. The smallest absolute Gasteiger partial charge is 0.191 e. The van der Waals surface area contributed by atoms with Crippen molar-refractivity contribution in [2.75, 3.05) is 32.7 Å². The van der Waals surface area contributed by atoms with Gasteiger partial charge in [0.05, 0.1) is 0 Å². The number of piperazine rings is 1. The molecule has 0 aromatic heterocycles. The van der Waals surface area contributed by atoms with Crippen LogP contribution in [0.15, 0.2) is 35.3 Å². The van der Waals surface area contributed by atoms with E-state index in [2.05, 4.69) is 52.0 Å². The number of hydrogen-bond donors (Lipinski definition) is 1. The van der Waals surface area contributed by atoms with Crippen molar-refractivity contribution < 1.29 is 0 Å². The normalized spacial score (nSPS) is 19.1. The van der Waals surface area contributed by atoms with E-state index in [1.807, 2.05) is 6.92 Å². The highest BCUT2D eigenvalue weighted by Crippen LogP contribution is 2.24. The Hall–Kier alpha value is -1.55. The fraction of sp³-hybridized carbons (Fsp3) is 0.562. The Kier molecular flexibility index (Phi) is 5.41. The predicted octanol–water partition coefficient (Wildman–Crippen LogP) is 2.09. The maximum Gasteiger partial charge on any atom is 0.191 e. The summed E-state index contributed by atoms with van der Waals surface area (Å²) < 4.78 is 0. The van der Waals surface area contributed by atoms with E-state index >= 15 is 0 Å². The number of nitrogens with zero attached hydrogens (tertiary/aromatic N) is 3. The van der Waals surface area contributed by atoms with Crippen LogP contribution in [0.25, 0.3) is 0 Å². The van der Waals surface area contributed by atoms with Gasteiger partial charge in [-0.25, -0.2) is 0 Å². The highest BCUT2D eigenvalue weighted by Gasteiger charge is 2.24. The van der Waals surface area contributed by atoms with E-state index < -0.39 is 0 Å². The molecule has 0 amide bonds. The second-order valence-electron chi connectivity index (χ2n) is 5.19. The molecule has 1 atom stereocenters. The van der Waals surface area contributed by atoms with Crippen molar-refractivity contribution in [1.29, 1.82) is 0 Å². The molecule has 2 N–H and O–H groups in total. The van der Waals surface area contributed by atoms with Gasteiger partial charge in [0.1, 0.15) is 0 Å². The summed E-state index contributed by atoms with van der Waals surface area (Å²) in [6, 6.07) is 11.3. The van der Waals surface area contributed by atoms with Crippen LogP contribution in [0.1, 0.15) is 31.9 Å². The first-order chi connectivity index (χ1) is 9.76. The lowest BCUT2D eigenvalue weighted by molar-refractivity contribution is 0.128. The number of nitrogens with two attached hydrogens (primary N) is 1. The molecule has 1 heterocycles. The molecule has 1 saturated heterocycles. The molecular weight excluding hydrogens is 248 g/mol. The van der Waals surface area contributed by atoms with Crippen molar-refractivity contribution in [2.24, 2.45) is 10.7 Å². The predicted molar refractivity (Wildman–Crippen MR) is 84.8 cm³/mol. The van der Waals surface area contributed by atoms with Gasteiger partial charge in [0.15, 0.2) is 5.96 Å². The third-order valence-corrected chi connectivity index (χ3v) is 3.97. The van der Waals surface area contributed by atoms with E-state index in [-0.39, 0.29) is 0 Å². The number of aliphatic imine (C=N–C) groups is 1. The number of hydrogen-bond acceptors (Lipinski definition) is 2. The van der Waals surface area contributed by atoms with Gasteiger partial charge in [-0.1, -0.05) is 37.3 Å². The van der Waals surface area contributed by atoms with Crippen LogP contribution in [0, 0.1) is 0 Å². The number of benzene rings is 1. The zero-order valence-electron chi connectivity index (χ0n) is 12.6. The van der Waals surface area contributed by atoms with E-state index in [4.69, 9.17) is 5.73 Å². The first kappa shape index (κ1) is 14.9. The summed E-state index contributed by atoms with van der Waals surface area (Å²) in [5, 5.41) is 0. The van der Waals surface area contributed by atoms with Crippen LogP contribution >= 0.6 is 0 Å². The van der Waals surface area contributed by atoms with Gasteiger partial charge in [0, 0.05) is 38.8 Å². The van der Waals surface area contributed by atoms with Crippen LogP contribution in [-0.4, -0.2) is 48.5 Å². The van der Waals surface area contributed by atoms with E-state index in [9.17, 15) is 0 Å². The molecule has 1 aliphatic rings. The summed E-state index contributed by atoms with van der Waals surface area (Å²) in [6.45, 7) is 9.08. The summed E-state index contributed by atoms with van der Waals surface area (Å²) >= 11 is 0. The van der Waals surface area contributed by atoms with Gasteiger partial charge in [-0.05, 0) is 18.9 Å². The third kappa shape index (κ3) is 3.51. The van der Waals surface area contributed by atoms with Crippen molar-refractivity contribution in [2.45, 2.75) is 26.3 Å². The molecule has 0 aliphatic carbocycles. The molecule has 0 bridgehead atoms. The number of rotatable bonds is 4. The average Bonchev–Trinajstić information content (AvgIpc) is 2.50. The van der Waals surface area contributed by atoms with Gasteiger partial charge in [0.25, 0.3) is 0 Å². The maximum absolute atomic E-state index is 5.98. The lowest BCUT2D eigenvalue weighted by atomic mass is 10.0. The minimum atomic E-state index is 0.516. The molecule has 1 aliphatic heterocycles. The van der Waals surface area contributed by atoms with E-state index in [0.717, 1.165) is 39.1 Å². The SMILES string of the molecule is CCN=C(N)N1CCN(C(CC)c2ccccc2)CC1. The first-order valence-electron chi connectivity index (χ1n) is 7.60. The zero-order chi connectivity index (χ0) is 14.4. The molecule has 20 heavy (non-hydrogen) atoms. The Bertz CT molecular complexity index is 421. The summed E-state index contributed by atoms with van der Waals surface area (Å²) in [4.78, 5) is 9.05. The van der Waals surface area contributed by atoms with Gasteiger partial charge in [-0.2, -0.15) is 0 Å². The molecule has 0 saturated carbocycles. The maximum atomic E-state index is 5.98. The largest absolute Gasteiger partial charge is 0.370 e. The summed E-state index contributed by atoms with van der Waals surface area (Å²) in [6.07, 6.45) is 1.14. The average molecular weight is 274 g/mol. The van der Waals surface area contributed by atoms with Crippen molar-refractivity contribution >= 4 is 5.96 Å². The van der Waals surface area contributed by atoms with Gasteiger partial charge < -0.3 is 10.6 Å². The molecule has 4 nitrogen and oxygen atoms in total. The van der Waals surface area contributed by atoms with Gasteiger partial charge >= 0.3 is 0 Å². The van der Waals surface area contributed by atoms with Crippen molar-refractivity contribution in [3.8, 4) is 0 Å². The van der Waals surface area contributed by atoms with E-state index in [1.165, 1.54) is 5.56 Å². The molecule has 1 aromatic rings. The Morgan fingerprint density at radius 1 is 1.15 bits per heavy atom.